The molecule has 2 aliphatic heterocycles. The topological polar surface area (TPSA) is 78.1 Å². The summed E-state index contributed by atoms with van der Waals surface area (Å²) in [6, 6.07) is 4.01. The first-order chi connectivity index (χ1) is 12.6. The number of benzene rings is 1. The van der Waals surface area contributed by atoms with Crippen LogP contribution in [0.3, 0.4) is 0 Å². The molecule has 7 heteroatoms. The maximum absolute atomic E-state index is 10.1. The summed E-state index contributed by atoms with van der Waals surface area (Å²) in [5.74, 6) is 1.52. The molecule has 0 bridgehead atoms. The minimum atomic E-state index is -0.490. The van der Waals surface area contributed by atoms with Crippen LogP contribution in [0.4, 0.5) is 0 Å². The van der Waals surface area contributed by atoms with Crippen LogP contribution in [0, 0.1) is 11.5 Å². The Morgan fingerprint density at radius 1 is 1.54 bits per heavy atom. The van der Waals surface area contributed by atoms with Crippen molar-refractivity contribution in [2.45, 2.75) is 37.0 Å². The lowest BCUT2D eigenvalue weighted by Crippen LogP contribution is -2.43. The van der Waals surface area contributed by atoms with Gasteiger partial charge in [0, 0.05) is 25.1 Å². The molecule has 0 radical (unpaired) electrons. The molecular formula is C19H21N3O3S. The maximum Gasteiger partial charge on any atom is 0.208 e. The van der Waals surface area contributed by atoms with E-state index in [1.165, 1.54) is 11.8 Å². The molecule has 1 N–H and O–H groups in total. The van der Waals surface area contributed by atoms with E-state index in [0.717, 1.165) is 40.8 Å². The first-order valence-corrected chi connectivity index (χ1v) is 9.85. The number of hydrogen-bond donors (Lipinski definition) is 1. The van der Waals surface area contributed by atoms with Gasteiger partial charge >= 0.3 is 0 Å². The summed E-state index contributed by atoms with van der Waals surface area (Å²) in [6.07, 6.45) is 8.64. The summed E-state index contributed by atoms with van der Waals surface area (Å²) >= 11 is 1.48. The van der Waals surface area contributed by atoms with Crippen LogP contribution in [0.15, 0.2) is 29.3 Å². The molecule has 0 saturated carbocycles. The summed E-state index contributed by atoms with van der Waals surface area (Å²) < 4.78 is 11.8. The van der Waals surface area contributed by atoms with E-state index in [1.807, 2.05) is 24.6 Å². The SMILES string of the molecule is COc1ccc2c3c1OC1CC(O)C=CC31CCN(/C(=N/C#N)SC)C2. The predicted octanol–water partition coefficient (Wildman–Crippen LogP) is 2.42. The predicted molar refractivity (Wildman–Crippen MR) is 100 cm³/mol. The molecule has 1 aromatic carbocycles. The number of aliphatic hydroxyl groups is 1. The lowest BCUT2D eigenvalue weighted by molar-refractivity contribution is 0.0834. The number of rotatable bonds is 1. The molecule has 4 rings (SSSR count). The maximum atomic E-state index is 10.1. The number of amidine groups is 1. The second kappa shape index (κ2) is 6.53. The van der Waals surface area contributed by atoms with Crippen LogP contribution in [0.5, 0.6) is 11.5 Å². The van der Waals surface area contributed by atoms with Gasteiger partial charge < -0.3 is 19.5 Å². The number of aliphatic imine (C=N–C) groups is 1. The van der Waals surface area contributed by atoms with Crippen molar-refractivity contribution in [3.05, 3.63) is 35.4 Å². The highest BCUT2D eigenvalue weighted by Gasteiger charge is 2.53. The minimum absolute atomic E-state index is 0.113. The van der Waals surface area contributed by atoms with Crippen molar-refractivity contribution in [1.29, 1.82) is 5.26 Å². The first kappa shape index (κ1) is 17.3. The van der Waals surface area contributed by atoms with Crippen LogP contribution in [0.2, 0.25) is 0 Å². The Bertz CT molecular complexity index is 832. The van der Waals surface area contributed by atoms with Crippen LogP contribution in [0.1, 0.15) is 24.0 Å². The molecular weight excluding hydrogens is 350 g/mol. The number of aliphatic hydroxyl groups excluding tert-OH is 1. The number of nitrogens with zero attached hydrogens (tertiary/aromatic N) is 3. The molecule has 3 aliphatic rings. The van der Waals surface area contributed by atoms with Crippen LogP contribution in [-0.2, 0) is 12.0 Å². The van der Waals surface area contributed by atoms with E-state index >= 15 is 0 Å². The van der Waals surface area contributed by atoms with Crippen molar-refractivity contribution in [2.24, 2.45) is 4.99 Å². The second-order valence-electron chi connectivity index (χ2n) is 6.81. The Hall–Kier alpha value is -2.17. The molecule has 136 valence electrons. The zero-order valence-corrected chi connectivity index (χ0v) is 15.6. The Balaban J connectivity index is 1.86. The zero-order chi connectivity index (χ0) is 18.3. The smallest absolute Gasteiger partial charge is 0.208 e. The first-order valence-electron chi connectivity index (χ1n) is 8.63. The highest BCUT2D eigenvalue weighted by molar-refractivity contribution is 8.13. The van der Waals surface area contributed by atoms with Gasteiger partial charge in [0.25, 0.3) is 0 Å². The van der Waals surface area contributed by atoms with Crippen molar-refractivity contribution < 1.29 is 14.6 Å². The number of hydrogen-bond acceptors (Lipinski definition) is 6. The van der Waals surface area contributed by atoms with Gasteiger partial charge in [-0.15, -0.1) is 4.99 Å². The third-order valence-electron chi connectivity index (χ3n) is 5.55. The summed E-state index contributed by atoms with van der Waals surface area (Å²) in [5.41, 5.74) is 2.04. The molecule has 0 fully saturated rings. The fourth-order valence-electron chi connectivity index (χ4n) is 4.39. The van der Waals surface area contributed by atoms with Gasteiger partial charge in [0.05, 0.1) is 18.6 Å². The average Bonchev–Trinajstić information content (AvgIpc) is 2.88. The number of methoxy groups -OCH3 is 1. The van der Waals surface area contributed by atoms with Gasteiger partial charge in [-0.2, -0.15) is 5.26 Å². The fourth-order valence-corrected chi connectivity index (χ4v) is 4.93. The van der Waals surface area contributed by atoms with Crippen molar-refractivity contribution in [1.82, 2.24) is 4.90 Å². The monoisotopic (exact) mass is 371 g/mol. The van der Waals surface area contributed by atoms with E-state index in [9.17, 15) is 5.11 Å². The van der Waals surface area contributed by atoms with Gasteiger partial charge in [-0.3, -0.25) is 0 Å². The van der Waals surface area contributed by atoms with Crippen molar-refractivity contribution in [3.8, 4) is 17.7 Å². The summed E-state index contributed by atoms with van der Waals surface area (Å²) in [6.45, 7) is 1.43. The van der Waals surface area contributed by atoms with E-state index in [4.69, 9.17) is 14.7 Å². The van der Waals surface area contributed by atoms with Crippen molar-refractivity contribution >= 4 is 16.9 Å². The summed E-state index contributed by atoms with van der Waals surface area (Å²) in [5, 5.41) is 19.8. The van der Waals surface area contributed by atoms with Gasteiger partial charge in [0.15, 0.2) is 16.7 Å². The zero-order valence-electron chi connectivity index (χ0n) is 14.8. The van der Waals surface area contributed by atoms with Crippen LogP contribution < -0.4 is 9.47 Å². The third-order valence-corrected chi connectivity index (χ3v) is 6.27. The van der Waals surface area contributed by atoms with E-state index in [0.29, 0.717) is 13.0 Å². The van der Waals surface area contributed by atoms with Crippen molar-refractivity contribution in [2.75, 3.05) is 19.9 Å². The van der Waals surface area contributed by atoms with E-state index in [1.54, 1.807) is 7.11 Å². The molecule has 0 saturated heterocycles. The molecule has 2 heterocycles. The Morgan fingerprint density at radius 2 is 2.38 bits per heavy atom. The van der Waals surface area contributed by atoms with Gasteiger partial charge in [-0.25, -0.2) is 0 Å². The molecule has 3 unspecified atom stereocenters. The molecule has 1 aromatic rings. The molecule has 1 aliphatic carbocycles. The van der Waals surface area contributed by atoms with Crippen LogP contribution >= 0.6 is 11.8 Å². The minimum Gasteiger partial charge on any atom is -0.493 e. The van der Waals surface area contributed by atoms with Crippen LogP contribution in [-0.4, -0.2) is 47.3 Å². The average molecular weight is 371 g/mol. The molecule has 6 nitrogen and oxygen atoms in total. The lowest BCUT2D eigenvalue weighted by Gasteiger charge is -2.36. The van der Waals surface area contributed by atoms with Gasteiger partial charge in [-0.1, -0.05) is 30.0 Å². The Kier molecular flexibility index (Phi) is 4.33. The quantitative estimate of drug-likeness (QED) is 0.354. The Labute approximate surface area is 157 Å². The number of thioether (sulfide) groups is 1. The lowest BCUT2D eigenvalue weighted by atomic mass is 9.69. The molecule has 1 spiro atoms. The highest BCUT2D eigenvalue weighted by Crippen LogP contribution is 2.55. The fraction of sp³-hybridized carbons (Fsp3) is 0.474. The highest BCUT2D eigenvalue weighted by atomic mass is 32.2. The Morgan fingerprint density at radius 3 is 3.12 bits per heavy atom. The van der Waals surface area contributed by atoms with Gasteiger partial charge in [0.2, 0.25) is 6.19 Å². The molecule has 3 atom stereocenters. The van der Waals surface area contributed by atoms with Crippen LogP contribution in [0.25, 0.3) is 0 Å². The standard InChI is InChI=1S/C19H21N3O3S/c1-24-14-4-3-12-10-22(18(26-2)21-11-20)8-7-19-6-5-13(23)9-15(19)25-17(14)16(12)19/h3-6,13,15,23H,7-10H2,1-2H3/b21-18-. The van der Waals surface area contributed by atoms with Crippen molar-refractivity contribution in [3.63, 3.8) is 0 Å². The molecule has 26 heavy (non-hydrogen) atoms. The number of nitriles is 1. The molecule has 0 amide bonds. The van der Waals surface area contributed by atoms with Gasteiger partial charge in [0.1, 0.15) is 6.10 Å². The van der Waals surface area contributed by atoms with E-state index in [-0.39, 0.29) is 11.5 Å². The summed E-state index contributed by atoms with van der Waals surface area (Å²) in [4.78, 5) is 6.14. The molecule has 0 aromatic heterocycles. The number of ether oxygens (including phenoxy) is 2. The summed E-state index contributed by atoms with van der Waals surface area (Å²) in [7, 11) is 1.65. The second-order valence-corrected chi connectivity index (χ2v) is 7.58. The normalized spacial score (nSPS) is 29.3. The van der Waals surface area contributed by atoms with E-state index < -0.39 is 6.10 Å². The largest absolute Gasteiger partial charge is 0.493 e. The van der Waals surface area contributed by atoms with E-state index in [2.05, 4.69) is 22.0 Å². The van der Waals surface area contributed by atoms with Gasteiger partial charge in [-0.05, 0) is 24.3 Å². The third kappa shape index (κ3) is 2.48.